The number of halogens is 1. The quantitative estimate of drug-likeness (QED) is 0.517. The number of rotatable bonds is 3. The highest BCUT2D eigenvalue weighted by molar-refractivity contribution is 9.10. The number of amides is 1. The van der Waals surface area contributed by atoms with E-state index in [-0.39, 0.29) is 11.4 Å². The van der Waals surface area contributed by atoms with Crippen LogP contribution in [0.2, 0.25) is 0 Å². The smallest absolute Gasteiger partial charge is 0.252 e. The molecule has 1 aromatic rings. The molecule has 0 bridgehead atoms. The maximum atomic E-state index is 11.1. The lowest BCUT2D eigenvalue weighted by molar-refractivity contribution is -0.119. The average molecular weight is 268 g/mol. The summed E-state index contributed by atoms with van der Waals surface area (Å²) in [4.78, 5) is 22.0. The second-order valence-corrected chi connectivity index (χ2v) is 3.95. The first-order valence-electron chi connectivity index (χ1n) is 4.28. The van der Waals surface area contributed by atoms with Gasteiger partial charge in [0.2, 0.25) is 0 Å². The van der Waals surface area contributed by atoms with Gasteiger partial charge in [-0.2, -0.15) is 0 Å². The summed E-state index contributed by atoms with van der Waals surface area (Å²) < 4.78 is 0.878. The Morgan fingerprint density at radius 3 is 2.53 bits per heavy atom. The SMILES string of the molecule is CC(=O)/C(=C/c1cccc(Br)c1)C(N)=O. The Balaban J connectivity index is 3.13. The second kappa shape index (κ2) is 4.89. The van der Waals surface area contributed by atoms with Crippen molar-refractivity contribution in [3.8, 4) is 0 Å². The van der Waals surface area contributed by atoms with Gasteiger partial charge in [-0.15, -0.1) is 0 Å². The molecule has 0 aliphatic heterocycles. The zero-order valence-electron chi connectivity index (χ0n) is 8.16. The van der Waals surface area contributed by atoms with Crippen molar-refractivity contribution in [2.24, 2.45) is 5.73 Å². The summed E-state index contributed by atoms with van der Waals surface area (Å²) >= 11 is 3.30. The molecule has 4 heteroatoms. The normalized spacial score (nSPS) is 11.2. The topological polar surface area (TPSA) is 60.2 Å². The standard InChI is InChI=1S/C11H10BrNO2/c1-7(14)10(11(13)15)6-8-3-2-4-9(12)5-8/h2-6H,1H3,(H2,13,15)/b10-6-. The molecule has 0 fully saturated rings. The molecule has 1 rings (SSSR count). The summed E-state index contributed by atoms with van der Waals surface area (Å²) in [6.45, 7) is 1.31. The van der Waals surface area contributed by atoms with Crippen molar-refractivity contribution < 1.29 is 9.59 Å². The lowest BCUT2D eigenvalue weighted by Gasteiger charge is -1.99. The number of hydrogen-bond acceptors (Lipinski definition) is 2. The highest BCUT2D eigenvalue weighted by atomic mass is 79.9. The van der Waals surface area contributed by atoms with Gasteiger partial charge in [-0.3, -0.25) is 9.59 Å². The summed E-state index contributed by atoms with van der Waals surface area (Å²) in [6, 6.07) is 7.26. The summed E-state index contributed by atoms with van der Waals surface area (Å²) in [5.74, 6) is -1.04. The summed E-state index contributed by atoms with van der Waals surface area (Å²) in [6.07, 6.45) is 1.48. The van der Waals surface area contributed by atoms with Crippen molar-refractivity contribution in [2.75, 3.05) is 0 Å². The molecule has 2 N–H and O–H groups in total. The maximum Gasteiger partial charge on any atom is 0.252 e. The number of benzene rings is 1. The van der Waals surface area contributed by atoms with Crippen LogP contribution in [0, 0.1) is 0 Å². The molecule has 1 amide bonds. The Hall–Kier alpha value is -1.42. The molecule has 15 heavy (non-hydrogen) atoms. The minimum Gasteiger partial charge on any atom is -0.365 e. The van der Waals surface area contributed by atoms with Gasteiger partial charge in [-0.05, 0) is 30.7 Å². The van der Waals surface area contributed by atoms with Gasteiger partial charge in [0.1, 0.15) is 0 Å². The zero-order chi connectivity index (χ0) is 11.4. The molecular formula is C11H10BrNO2. The molecule has 0 unspecified atom stereocenters. The predicted molar refractivity (Wildman–Crippen MR) is 62.0 cm³/mol. The van der Waals surface area contributed by atoms with E-state index in [1.54, 1.807) is 12.1 Å². The van der Waals surface area contributed by atoms with Crippen LogP contribution in [-0.4, -0.2) is 11.7 Å². The van der Waals surface area contributed by atoms with E-state index in [1.165, 1.54) is 13.0 Å². The summed E-state index contributed by atoms with van der Waals surface area (Å²) in [7, 11) is 0. The Morgan fingerprint density at radius 1 is 1.40 bits per heavy atom. The molecule has 0 radical (unpaired) electrons. The van der Waals surface area contributed by atoms with Crippen LogP contribution in [0.1, 0.15) is 12.5 Å². The third-order valence-electron chi connectivity index (χ3n) is 1.80. The fourth-order valence-electron chi connectivity index (χ4n) is 1.11. The van der Waals surface area contributed by atoms with Crippen molar-refractivity contribution >= 4 is 33.7 Å². The highest BCUT2D eigenvalue weighted by Gasteiger charge is 2.09. The molecule has 0 saturated carbocycles. The van der Waals surface area contributed by atoms with Gasteiger partial charge in [-0.25, -0.2) is 0 Å². The van der Waals surface area contributed by atoms with Crippen LogP contribution in [0.25, 0.3) is 6.08 Å². The molecule has 0 aromatic heterocycles. The third kappa shape index (κ3) is 3.32. The molecular weight excluding hydrogens is 258 g/mol. The van der Waals surface area contributed by atoms with E-state index >= 15 is 0 Å². The van der Waals surface area contributed by atoms with E-state index < -0.39 is 5.91 Å². The Kier molecular flexibility index (Phi) is 3.80. The van der Waals surface area contributed by atoms with E-state index in [2.05, 4.69) is 15.9 Å². The fraction of sp³-hybridized carbons (Fsp3) is 0.0909. The number of carbonyl (C=O) groups excluding carboxylic acids is 2. The van der Waals surface area contributed by atoms with Crippen LogP contribution in [0.3, 0.4) is 0 Å². The van der Waals surface area contributed by atoms with Gasteiger partial charge in [0.05, 0.1) is 5.57 Å². The maximum absolute atomic E-state index is 11.1. The molecule has 0 spiro atoms. The van der Waals surface area contributed by atoms with Crippen LogP contribution in [0.4, 0.5) is 0 Å². The number of carbonyl (C=O) groups is 2. The molecule has 78 valence electrons. The summed E-state index contributed by atoms with van der Waals surface area (Å²) in [5.41, 5.74) is 5.85. The van der Waals surface area contributed by atoms with Crippen LogP contribution in [-0.2, 0) is 9.59 Å². The highest BCUT2D eigenvalue weighted by Crippen LogP contribution is 2.14. The van der Waals surface area contributed by atoms with Crippen molar-refractivity contribution in [3.05, 3.63) is 39.9 Å². The summed E-state index contributed by atoms with van der Waals surface area (Å²) in [5, 5.41) is 0. The Bertz CT molecular complexity index is 422. The van der Waals surface area contributed by atoms with E-state index in [1.807, 2.05) is 12.1 Å². The first-order chi connectivity index (χ1) is 7.00. The molecule has 0 aliphatic rings. The van der Waals surface area contributed by atoms with Crippen molar-refractivity contribution in [1.29, 1.82) is 0 Å². The van der Waals surface area contributed by atoms with Gasteiger partial charge in [0.15, 0.2) is 5.78 Å². The third-order valence-corrected chi connectivity index (χ3v) is 2.30. The van der Waals surface area contributed by atoms with Crippen LogP contribution in [0.5, 0.6) is 0 Å². The average Bonchev–Trinajstić information content (AvgIpc) is 2.13. The predicted octanol–water partition coefficient (Wildman–Crippen LogP) is 1.91. The lowest BCUT2D eigenvalue weighted by Crippen LogP contribution is -2.18. The molecule has 0 aliphatic carbocycles. The van der Waals surface area contributed by atoms with Gasteiger partial charge in [0.25, 0.3) is 5.91 Å². The van der Waals surface area contributed by atoms with E-state index in [4.69, 9.17) is 5.73 Å². The van der Waals surface area contributed by atoms with E-state index in [0.717, 1.165) is 10.0 Å². The van der Waals surface area contributed by atoms with Crippen molar-refractivity contribution in [1.82, 2.24) is 0 Å². The minimum absolute atomic E-state index is 0.00750. The van der Waals surface area contributed by atoms with E-state index in [0.29, 0.717) is 0 Å². The number of primary amides is 1. The van der Waals surface area contributed by atoms with Crippen LogP contribution < -0.4 is 5.73 Å². The number of ketones is 1. The lowest BCUT2D eigenvalue weighted by atomic mass is 10.1. The second-order valence-electron chi connectivity index (χ2n) is 3.03. The fourth-order valence-corrected chi connectivity index (χ4v) is 1.53. The Labute approximate surface area is 96.1 Å². The Morgan fingerprint density at radius 2 is 2.07 bits per heavy atom. The number of nitrogens with two attached hydrogens (primary N) is 1. The minimum atomic E-state index is -0.706. The van der Waals surface area contributed by atoms with E-state index in [9.17, 15) is 9.59 Å². The van der Waals surface area contributed by atoms with Gasteiger partial charge >= 0.3 is 0 Å². The van der Waals surface area contributed by atoms with Gasteiger partial charge in [-0.1, -0.05) is 28.1 Å². The number of hydrogen-bond donors (Lipinski definition) is 1. The molecule has 0 atom stereocenters. The van der Waals surface area contributed by atoms with Crippen LogP contribution >= 0.6 is 15.9 Å². The molecule has 0 saturated heterocycles. The zero-order valence-corrected chi connectivity index (χ0v) is 9.74. The largest absolute Gasteiger partial charge is 0.365 e. The van der Waals surface area contributed by atoms with Gasteiger partial charge < -0.3 is 5.73 Å². The van der Waals surface area contributed by atoms with Crippen molar-refractivity contribution in [2.45, 2.75) is 6.92 Å². The monoisotopic (exact) mass is 267 g/mol. The first-order valence-corrected chi connectivity index (χ1v) is 5.08. The van der Waals surface area contributed by atoms with Gasteiger partial charge in [0, 0.05) is 4.47 Å². The molecule has 3 nitrogen and oxygen atoms in total. The van der Waals surface area contributed by atoms with Crippen molar-refractivity contribution in [3.63, 3.8) is 0 Å². The number of Topliss-reactive ketones (excluding diaryl/α,β-unsaturated/α-hetero) is 1. The molecule has 0 heterocycles. The van der Waals surface area contributed by atoms with Crippen LogP contribution in [0.15, 0.2) is 34.3 Å². The first kappa shape index (κ1) is 11.7. The molecule has 1 aromatic carbocycles.